The highest BCUT2D eigenvalue weighted by atomic mass is 32.1. The van der Waals surface area contributed by atoms with E-state index in [9.17, 15) is 0 Å². The Hall–Kier alpha value is -2.72. The summed E-state index contributed by atoms with van der Waals surface area (Å²) in [5.74, 6) is 0. The Labute approximate surface area is 152 Å². The normalized spacial score (nSPS) is 11.1. The second-order valence-corrected chi connectivity index (χ2v) is 6.33. The lowest BCUT2D eigenvalue weighted by Crippen LogP contribution is -2.36. The van der Waals surface area contributed by atoms with Gasteiger partial charge in [-0.2, -0.15) is 4.57 Å². The Bertz CT molecular complexity index is 1070. The van der Waals surface area contributed by atoms with Crippen LogP contribution in [0.5, 0.6) is 0 Å². The molecule has 4 rings (SSSR count). The molecule has 0 aliphatic rings. The van der Waals surface area contributed by atoms with Gasteiger partial charge in [-0.05, 0) is 43.3 Å². The third kappa shape index (κ3) is 2.59. The molecule has 4 heteroatoms. The average molecular weight is 346 g/mol. The lowest BCUT2D eigenvalue weighted by Gasteiger charge is -2.12. The SMILES string of the molecule is CC[n+]1c(-c2ccccc2)c2cc(N)ccc2c2ccc(NS)cc21. The molecule has 0 spiro atoms. The number of pyridine rings is 1. The monoisotopic (exact) mass is 346 g/mol. The number of hydrogen-bond donors (Lipinski definition) is 3. The molecule has 0 amide bonds. The van der Waals surface area contributed by atoms with E-state index in [1.807, 2.05) is 18.2 Å². The minimum atomic E-state index is 0.778. The highest BCUT2D eigenvalue weighted by molar-refractivity contribution is 7.81. The molecule has 3 N–H and O–H groups in total. The molecule has 0 aliphatic heterocycles. The summed E-state index contributed by atoms with van der Waals surface area (Å²) in [6.07, 6.45) is 0. The summed E-state index contributed by atoms with van der Waals surface area (Å²) in [5, 5.41) is 3.59. The van der Waals surface area contributed by atoms with E-state index in [1.165, 1.54) is 32.9 Å². The molecule has 3 aromatic carbocycles. The predicted molar refractivity (Wildman–Crippen MR) is 110 cm³/mol. The standard InChI is InChI=1S/C21H19N3S/c1-2-24-20-13-16(23-25)9-11-18(20)17-10-8-15(22)12-19(17)21(24)14-6-4-3-5-7-14/h3-13,25H,2,22H2,1H3/p+1. The number of rotatable bonds is 3. The van der Waals surface area contributed by atoms with Gasteiger partial charge in [0, 0.05) is 22.7 Å². The van der Waals surface area contributed by atoms with Crippen LogP contribution in [-0.2, 0) is 6.54 Å². The van der Waals surface area contributed by atoms with E-state index in [0.717, 1.165) is 17.9 Å². The third-order valence-electron chi connectivity index (χ3n) is 4.64. The first kappa shape index (κ1) is 15.8. The first-order chi connectivity index (χ1) is 12.2. The molecule has 0 bridgehead atoms. The molecule has 0 fully saturated rings. The van der Waals surface area contributed by atoms with Gasteiger partial charge in [-0.15, -0.1) is 0 Å². The zero-order valence-corrected chi connectivity index (χ0v) is 14.9. The van der Waals surface area contributed by atoms with Crippen LogP contribution < -0.4 is 15.0 Å². The molecule has 0 aliphatic carbocycles. The van der Waals surface area contributed by atoms with Gasteiger partial charge < -0.3 is 10.5 Å². The number of nitrogens with one attached hydrogen (secondary N) is 1. The minimum absolute atomic E-state index is 0.778. The van der Waals surface area contributed by atoms with E-state index >= 15 is 0 Å². The van der Waals surface area contributed by atoms with Gasteiger partial charge in [0.25, 0.3) is 0 Å². The molecule has 4 aromatic rings. The van der Waals surface area contributed by atoms with Crippen molar-refractivity contribution < 1.29 is 4.57 Å². The number of anilines is 2. The van der Waals surface area contributed by atoms with E-state index in [1.54, 1.807) is 0 Å². The molecule has 1 aromatic heterocycles. The van der Waals surface area contributed by atoms with Crippen molar-refractivity contribution in [2.75, 3.05) is 10.5 Å². The van der Waals surface area contributed by atoms with Crippen molar-refractivity contribution in [2.45, 2.75) is 13.5 Å². The molecule has 0 saturated carbocycles. The number of nitrogens with two attached hydrogens (primary N) is 1. The molecule has 0 saturated heterocycles. The number of hydrogen-bond acceptors (Lipinski definition) is 3. The van der Waals surface area contributed by atoms with Crippen molar-refractivity contribution in [1.82, 2.24) is 0 Å². The van der Waals surface area contributed by atoms with Crippen LogP contribution in [0.25, 0.3) is 32.9 Å². The number of aryl methyl sites for hydroxylation is 1. The molecular formula is C21H20N3S+. The summed E-state index contributed by atoms with van der Waals surface area (Å²) < 4.78 is 5.30. The van der Waals surface area contributed by atoms with Gasteiger partial charge in [-0.1, -0.05) is 37.1 Å². The van der Waals surface area contributed by atoms with Gasteiger partial charge in [-0.25, -0.2) is 0 Å². The van der Waals surface area contributed by atoms with Crippen LogP contribution in [0.15, 0.2) is 66.7 Å². The maximum Gasteiger partial charge on any atom is 0.220 e. The van der Waals surface area contributed by atoms with Crippen molar-refractivity contribution in [3.05, 3.63) is 66.7 Å². The number of nitrogens with zero attached hydrogens (tertiary/aromatic N) is 1. The molecule has 0 radical (unpaired) electrons. The second-order valence-electron chi connectivity index (χ2n) is 6.11. The Morgan fingerprint density at radius 1 is 0.920 bits per heavy atom. The van der Waals surface area contributed by atoms with Crippen LogP contribution in [0.2, 0.25) is 0 Å². The van der Waals surface area contributed by atoms with Gasteiger partial charge in [0.15, 0.2) is 0 Å². The maximum atomic E-state index is 6.12. The first-order valence-electron chi connectivity index (χ1n) is 8.37. The van der Waals surface area contributed by atoms with Gasteiger partial charge in [-0.3, -0.25) is 0 Å². The zero-order valence-electron chi connectivity index (χ0n) is 14.0. The largest absolute Gasteiger partial charge is 0.399 e. The lowest BCUT2D eigenvalue weighted by atomic mass is 9.98. The molecular weight excluding hydrogens is 326 g/mol. The minimum Gasteiger partial charge on any atom is -0.399 e. The Balaban J connectivity index is 2.24. The average Bonchev–Trinajstić information content (AvgIpc) is 2.66. The Morgan fingerprint density at radius 2 is 1.68 bits per heavy atom. The quantitative estimate of drug-likeness (QED) is 0.216. The first-order valence-corrected chi connectivity index (χ1v) is 8.82. The van der Waals surface area contributed by atoms with Crippen LogP contribution in [0.1, 0.15) is 6.92 Å². The van der Waals surface area contributed by atoms with Crippen molar-refractivity contribution in [1.29, 1.82) is 0 Å². The van der Waals surface area contributed by atoms with Crippen LogP contribution in [0.3, 0.4) is 0 Å². The molecule has 3 nitrogen and oxygen atoms in total. The van der Waals surface area contributed by atoms with Crippen molar-refractivity contribution in [3.8, 4) is 11.3 Å². The van der Waals surface area contributed by atoms with Crippen molar-refractivity contribution in [3.63, 3.8) is 0 Å². The molecule has 0 atom stereocenters. The van der Waals surface area contributed by atoms with Crippen LogP contribution in [-0.4, -0.2) is 0 Å². The van der Waals surface area contributed by atoms with Crippen LogP contribution >= 0.6 is 12.8 Å². The Kier molecular flexibility index (Phi) is 3.98. The molecule has 0 unspecified atom stereocenters. The van der Waals surface area contributed by atoms with Gasteiger partial charge in [0.05, 0.1) is 16.5 Å². The van der Waals surface area contributed by atoms with E-state index in [2.05, 4.69) is 77.6 Å². The van der Waals surface area contributed by atoms with E-state index < -0.39 is 0 Å². The maximum absolute atomic E-state index is 6.12. The lowest BCUT2D eigenvalue weighted by molar-refractivity contribution is -0.655. The number of aromatic nitrogens is 1. The number of nitrogen functional groups attached to an aromatic ring is 1. The molecule has 25 heavy (non-hydrogen) atoms. The number of fused-ring (bicyclic) bond motifs is 3. The van der Waals surface area contributed by atoms with E-state index in [0.29, 0.717) is 0 Å². The van der Waals surface area contributed by atoms with Gasteiger partial charge in [0.1, 0.15) is 6.54 Å². The summed E-state index contributed by atoms with van der Waals surface area (Å²) >= 11 is 4.21. The molecule has 124 valence electrons. The molecule has 1 heterocycles. The van der Waals surface area contributed by atoms with Crippen molar-refractivity contribution >= 4 is 45.9 Å². The zero-order chi connectivity index (χ0) is 17.4. The predicted octanol–water partition coefficient (Wildman–Crippen LogP) is 4.81. The van der Waals surface area contributed by atoms with E-state index in [4.69, 9.17) is 5.73 Å². The van der Waals surface area contributed by atoms with Gasteiger partial charge in [0.2, 0.25) is 11.2 Å². The smallest absolute Gasteiger partial charge is 0.220 e. The number of benzene rings is 3. The highest BCUT2D eigenvalue weighted by Crippen LogP contribution is 2.33. The summed E-state index contributed by atoms with van der Waals surface area (Å²) in [6, 6.07) is 23.0. The number of thiol groups is 1. The highest BCUT2D eigenvalue weighted by Gasteiger charge is 2.22. The topological polar surface area (TPSA) is 41.9 Å². The fourth-order valence-corrected chi connectivity index (χ4v) is 3.69. The van der Waals surface area contributed by atoms with Gasteiger partial charge >= 0.3 is 0 Å². The van der Waals surface area contributed by atoms with E-state index in [-0.39, 0.29) is 0 Å². The fraction of sp³-hybridized carbons (Fsp3) is 0.0952. The van der Waals surface area contributed by atoms with Crippen LogP contribution in [0.4, 0.5) is 11.4 Å². The summed E-state index contributed by atoms with van der Waals surface area (Å²) in [4.78, 5) is 0. The summed E-state index contributed by atoms with van der Waals surface area (Å²) in [7, 11) is 0. The van der Waals surface area contributed by atoms with Crippen molar-refractivity contribution in [2.24, 2.45) is 0 Å². The fourth-order valence-electron chi connectivity index (χ4n) is 3.55. The summed E-state index contributed by atoms with van der Waals surface area (Å²) in [6.45, 7) is 3.03. The van der Waals surface area contributed by atoms with Crippen LogP contribution in [0, 0.1) is 0 Å². The Morgan fingerprint density at radius 3 is 2.40 bits per heavy atom. The second kappa shape index (κ2) is 6.30. The summed E-state index contributed by atoms with van der Waals surface area (Å²) in [5.41, 5.74) is 11.4. The third-order valence-corrected chi connectivity index (χ3v) is 4.90.